The van der Waals surface area contributed by atoms with Gasteiger partial charge in [-0.15, -0.1) is 0 Å². The van der Waals surface area contributed by atoms with Gasteiger partial charge >= 0.3 is 0 Å². The summed E-state index contributed by atoms with van der Waals surface area (Å²) in [6.07, 6.45) is 2.46. The molecule has 0 fully saturated rings. The van der Waals surface area contributed by atoms with Crippen LogP contribution in [0, 0.1) is 0 Å². The summed E-state index contributed by atoms with van der Waals surface area (Å²) in [5.74, 6) is 7.19. The molecule has 2 atom stereocenters. The predicted octanol–water partition coefficient (Wildman–Crippen LogP) is 0.635. The van der Waals surface area contributed by atoms with Gasteiger partial charge in [-0.25, -0.2) is 0 Å². The normalized spacial score (nSPS) is 18.8. The highest BCUT2D eigenvalue weighted by Crippen LogP contribution is 2.31. The highest BCUT2D eigenvalue weighted by Gasteiger charge is 2.28. The molecule has 2 heterocycles. The van der Waals surface area contributed by atoms with Crippen molar-refractivity contribution in [2.75, 3.05) is 6.61 Å². The molecule has 0 aliphatic carbocycles. The molecule has 0 amide bonds. The van der Waals surface area contributed by atoms with Crippen LogP contribution in [0.5, 0.6) is 11.5 Å². The first kappa shape index (κ1) is 13.0. The Bertz CT molecular complexity index is 584. The quantitative estimate of drug-likeness (QED) is 0.632. The van der Waals surface area contributed by atoms with E-state index in [-0.39, 0.29) is 12.1 Å². The van der Waals surface area contributed by atoms with Gasteiger partial charge in [0, 0.05) is 19.7 Å². The number of para-hydroxylation sites is 2. The van der Waals surface area contributed by atoms with Crippen LogP contribution in [-0.4, -0.2) is 28.5 Å². The molecule has 0 saturated heterocycles. The molecule has 6 heteroatoms. The summed E-state index contributed by atoms with van der Waals surface area (Å²) in [6, 6.07) is 9.56. The number of benzene rings is 1. The molecule has 3 rings (SSSR count). The first-order chi connectivity index (χ1) is 9.76. The first-order valence-electron chi connectivity index (χ1n) is 6.59. The zero-order valence-corrected chi connectivity index (χ0v) is 11.3. The second kappa shape index (κ2) is 5.52. The lowest BCUT2D eigenvalue weighted by Gasteiger charge is -2.31. The number of nitrogens with one attached hydrogen (secondary N) is 1. The van der Waals surface area contributed by atoms with E-state index in [0.29, 0.717) is 13.0 Å². The fourth-order valence-corrected chi connectivity index (χ4v) is 2.33. The molecule has 0 bridgehead atoms. The third-order valence-electron chi connectivity index (χ3n) is 3.39. The molecule has 2 unspecified atom stereocenters. The van der Waals surface area contributed by atoms with Gasteiger partial charge in [0.05, 0.1) is 11.7 Å². The van der Waals surface area contributed by atoms with E-state index in [9.17, 15) is 0 Å². The number of fused-ring (bicyclic) bond motifs is 1. The lowest BCUT2D eigenvalue weighted by Crippen LogP contribution is -2.51. The van der Waals surface area contributed by atoms with Gasteiger partial charge in [0.2, 0.25) is 0 Å². The average molecular weight is 274 g/mol. The molecule has 2 aromatic rings. The third-order valence-corrected chi connectivity index (χ3v) is 3.39. The van der Waals surface area contributed by atoms with Crippen LogP contribution in [0.25, 0.3) is 0 Å². The van der Waals surface area contributed by atoms with Gasteiger partial charge in [-0.2, -0.15) is 5.10 Å². The molecule has 1 aromatic carbocycles. The fourth-order valence-electron chi connectivity index (χ4n) is 2.33. The zero-order chi connectivity index (χ0) is 13.9. The van der Waals surface area contributed by atoms with Crippen molar-refractivity contribution in [3.8, 4) is 11.5 Å². The Morgan fingerprint density at radius 1 is 1.40 bits per heavy atom. The fraction of sp³-hybridized carbons (Fsp3) is 0.357. The molecule has 0 saturated carbocycles. The van der Waals surface area contributed by atoms with Crippen LogP contribution in [0.1, 0.15) is 5.69 Å². The van der Waals surface area contributed by atoms with Crippen LogP contribution < -0.4 is 20.7 Å². The minimum absolute atomic E-state index is 0.0572. The average Bonchev–Trinajstić information content (AvgIpc) is 2.89. The number of rotatable bonds is 4. The van der Waals surface area contributed by atoms with Crippen molar-refractivity contribution in [2.24, 2.45) is 12.9 Å². The second-order valence-electron chi connectivity index (χ2n) is 4.87. The van der Waals surface area contributed by atoms with Crippen molar-refractivity contribution < 1.29 is 9.47 Å². The molecule has 3 N–H and O–H groups in total. The zero-order valence-electron chi connectivity index (χ0n) is 11.3. The van der Waals surface area contributed by atoms with E-state index in [0.717, 1.165) is 17.2 Å². The Morgan fingerprint density at radius 2 is 2.20 bits per heavy atom. The van der Waals surface area contributed by atoms with E-state index in [1.807, 2.05) is 43.6 Å². The van der Waals surface area contributed by atoms with E-state index in [2.05, 4.69) is 10.5 Å². The van der Waals surface area contributed by atoms with E-state index in [1.54, 1.807) is 4.68 Å². The van der Waals surface area contributed by atoms with Crippen molar-refractivity contribution in [3.05, 3.63) is 42.2 Å². The number of aryl methyl sites for hydroxylation is 1. The number of hydrazine groups is 1. The Hall–Kier alpha value is -2.05. The van der Waals surface area contributed by atoms with Crippen molar-refractivity contribution in [1.29, 1.82) is 0 Å². The Morgan fingerprint density at radius 3 is 2.90 bits per heavy atom. The molecule has 1 aliphatic rings. The van der Waals surface area contributed by atoms with E-state index in [1.165, 1.54) is 0 Å². The van der Waals surface area contributed by atoms with Crippen molar-refractivity contribution in [3.63, 3.8) is 0 Å². The number of nitrogens with two attached hydrogens (primary N) is 1. The summed E-state index contributed by atoms with van der Waals surface area (Å²) in [6.45, 7) is 0.471. The van der Waals surface area contributed by atoms with Crippen molar-refractivity contribution in [2.45, 2.75) is 18.6 Å². The van der Waals surface area contributed by atoms with Gasteiger partial charge < -0.3 is 9.47 Å². The topological polar surface area (TPSA) is 74.3 Å². The summed E-state index contributed by atoms with van der Waals surface area (Å²) in [7, 11) is 1.89. The minimum atomic E-state index is -0.142. The number of hydrogen-bond acceptors (Lipinski definition) is 5. The van der Waals surface area contributed by atoms with Gasteiger partial charge in [0.15, 0.2) is 11.5 Å². The summed E-state index contributed by atoms with van der Waals surface area (Å²) in [5, 5.41) is 4.36. The first-order valence-corrected chi connectivity index (χ1v) is 6.59. The summed E-state index contributed by atoms with van der Waals surface area (Å²) in [4.78, 5) is 0. The lowest BCUT2D eigenvalue weighted by atomic mass is 10.1. The van der Waals surface area contributed by atoms with E-state index < -0.39 is 0 Å². The summed E-state index contributed by atoms with van der Waals surface area (Å²) < 4.78 is 13.5. The summed E-state index contributed by atoms with van der Waals surface area (Å²) >= 11 is 0. The van der Waals surface area contributed by atoms with Crippen LogP contribution in [0.15, 0.2) is 36.5 Å². The number of nitrogens with zero attached hydrogens (tertiary/aromatic N) is 2. The predicted molar refractivity (Wildman–Crippen MR) is 74.4 cm³/mol. The Kier molecular flexibility index (Phi) is 3.58. The third kappa shape index (κ3) is 2.61. The lowest BCUT2D eigenvalue weighted by molar-refractivity contribution is 0.0617. The van der Waals surface area contributed by atoms with Gasteiger partial charge in [-0.3, -0.25) is 16.0 Å². The highest BCUT2D eigenvalue weighted by atomic mass is 16.6. The maximum absolute atomic E-state index is 5.96. The van der Waals surface area contributed by atoms with Crippen LogP contribution >= 0.6 is 0 Å². The van der Waals surface area contributed by atoms with Gasteiger partial charge in [0.25, 0.3) is 0 Å². The standard InChI is InChI=1S/C14H18N4O2/c1-18-7-6-10(17-18)8-11(16-15)14-9-19-12-4-2-3-5-13(12)20-14/h2-7,11,14,16H,8-9,15H2,1H3. The monoisotopic (exact) mass is 274 g/mol. The number of aromatic nitrogens is 2. The maximum atomic E-state index is 5.96. The largest absolute Gasteiger partial charge is 0.486 e. The molecule has 0 spiro atoms. The van der Waals surface area contributed by atoms with Gasteiger partial charge in [0.1, 0.15) is 12.7 Å². The number of ether oxygens (including phenoxy) is 2. The van der Waals surface area contributed by atoms with Gasteiger partial charge in [-0.05, 0) is 18.2 Å². The summed E-state index contributed by atoms with van der Waals surface area (Å²) in [5.41, 5.74) is 3.78. The molecule has 1 aromatic heterocycles. The molecular formula is C14H18N4O2. The molecule has 6 nitrogen and oxygen atoms in total. The SMILES string of the molecule is Cn1ccc(CC(NN)C2COc3ccccc3O2)n1. The Labute approximate surface area is 117 Å². The van der Waals surface area contributed by atoms with Crippen LogP contribution in [0.3, 0.4) is 0 Å². The van der Waals surface area contributed by atoms with Crippen LogP contribution in [0.2, 0.25) is 0 Å². The molecule has 20 heavy (non-hydrogen) atoms. The highest BCUT2D eigenvalue weighted by molar-refractivity contribution is 5.40. The van der Waals surface area contributed by atoms with Crippen molar-refractivity contribution in [1.82, 2.24) is 15.2 Å². The van der Waals surface area contributed by atoms with Crippen molar-refractivity contribution >= 4 is 0 Å². The minimum Gasteiger partial charge on any atom is -0.486 e. The van der Waals surface area contributed by atoms with Gasteiger partial charge in [-0.1, -0.05) is 12.1 Å². The van der Waals surface area contributed by atoms with E-state index >= 15 is 0 Å². The van der Waals surface area contributed by atoms with Crippen LogP contribution in [-0.2, 0) is 13.5 Å². The van der Waals surface area contributed by atoms with E-state index in [4.69, 9.17) is 15.3 Å². The molecular weight excluding hydrogens is 256 g/mol. The van der Waals surface area contributed by atoms with Crippen LogP contribution in [0.4, 0.5) is 0 Å². The molecule has 0 radical (unpaired) electrons. The molecule has 1 aliphatic heterocycles. The Balaban J connectivity index is 1.71. The number of hydrogen-bond donors (Lipinski definition) is 2. The molecule has 106 valence electrons. The second-order valence-corrected chi connectivity index (χ2v) is 4.87. The smallest absolute Gasteiger partial charge is 0.161 e. The maximum Gasteiger partial charge on any atom is 0.161 e.